The maximum absolute atomic E-state index is 11.1. The topological polar surface area (TPSA) is 108 Å². The first-order chi connectivity index (χ1) is 10.0. The molecule has 2 rings (SSSR count). The normalized spacial score (nSPS) is 9.71. The lowest BCUT2D eigenvalue weighted by Crippen LogP contribution is -2.03. The molecule has 0 bridgehead atoms. The Kier molecular flexibility index (Phi) is 3.95. The van der Waals surface area contributed by atoms with Crippen LogP contribution in [0.3, 0.4) is 0 Å². The molecule has 6 heteroatoms. The molecule has 0 saturated heterocycles. The number of nitrogens with two attached hydrogens (primary N) is 1. The van der Waals surface area contributed by atoms with E-state index >= 15 is 0 Å². The van der Waals surface area contributed by atoms with Crippen LogP contribution in [-0.4, -0.2) is 18.2 Å². The van der Waals surface area contributed by atoms with E-state index < -0.39 is 5.97 Å². The fourth-order valence-electron chi connectivity index (χ4n) is 1.84. The fourth-order valence-corrected chi connectivity index (χ4v) is 1.84. The Balaban J connectivity index is 2.37. The molecule has 0 atom stereocenters. The van der Waals surface area contributed by atoms with Crippen molar-refractivity contribution in [3.63, 3.8) is 0 Å². The quantitative estimate of drug-likeness (QED) is 0.744. The summed E-state index contributed by atoms with van der Waals surface area (Å²) in [7, 11) is 1.49. The Labute approximate surface area is 121 Å². The van der Waals surface area contributed by atoms with Gasteiger partial charge in [0.15, 0.2) is 0 Å². The lowest BCUT2D eigenvalue weighted by atomic mass is 10.1. The van der Waals surface area contributed by atoms with Crippen LogP contribution in [0.4, 0.5) is 17.1 Å². The van der Waals surface area contributed by atoms with Gasteiger partial charge in [-0.15, -0.1) is 0 Å². The molecule has 106 valence electrons. The van der Waals surface area contributed by atoms with Crippen LogP contribution in [0.15, 0.2) is 36.4 Å². The van der Waals surface area contributed by atoms with Crippen LogP contribution in [0, 0.1) is 11.3 Å². The van der Waals surface area contributed by atoms with Gasteiger partial charge in [-0.2, -0.15) is 5.26 Å². The maximum Gasteiger partial charge on any atom is 0.337 e. The van der Waals surface area contributed by atoms with Crippen molar-refractivity contribution in [2.24, 2.45) is 0 Å². The third-order valence-corrected chi connectivity index (χ3v) is 2.89. The number of nitrogen functional groups attached to an aromatic ring is 1. The van der Waals surface area contributed by atoms with Gasteiger partial charge in [0, 0.05) is 17.4 Å². The number of nitrogens with one attached hydrogen (secondary N) is 1. The number of carboxylic acids is 1. The zero-order chi connectivity index (χ0) is 15.4. The van der Waals surface area contributed by atoms with Gasteiger partial charge in [0.25, 0.3) is 0 Å². The SMILES string of the molecule is COc1cc(C#N)ccc1Nc1ccc(N)c(C(=O)O)c1. The molecule has 2 aromatic rings. The summed E-state index contributed by atoms with van der Waals surface area (Å²) in [5.41, 5.74) is 7.48. The molecular formula is C15H13N3O3. The van der Waals surface area contributed by atoms with Gasteiger partial charge in [0.1, 0.15) is 5.75 Å². The van der Waals surface area contributed by atoms with E-state index in [4.69, 9.17) is 20.8 Å². The Morgan fingerprint density at radius 3 is 2.71 bits per heavy atom. The average molecular weight is 283 g/mol. The van der Waals surface area contributed by atoms with Crippen LogP contribution >= 0.6 is 0 Å². The van der Waals surface area contributed by atoms with Gasteiger partial charge in [-0.25, -0.2) is 4.79 Å². The number of nitriles is 1. The summed E-state index contributed by atoms with van der Waals surface area (Å²) < 4.78 is 5.21. The van der Waals surface area contributed by atoms with Gasteiger partial charge in [-0.3, -0.25) is 0 Å². The maximum atomic E-state index is 11.1. The molecule has 21 heavy (non-hydrogen) atoms. The Morgan fingerprint density at radius 2 is 2.10 bits per heavy atom. The van der Waals surface area contributed by atoms with E-state index in [1.165, 1.54) is 19.2 Å². The van der Waals surface area contributed by atoms with Gasteiger partial charge >= 0.3 is 5.97 Å². The number of carboxylic acid groups (broad SMARTS) is 1. The van der Waals surface area contributed by atoms with E-state index in [-0.39, 0.29) is 11.3 Å². The van der Waals surface area contributed by atoms with Gasteiger partial charge in [-0.05, 0) is 30.3 Å². The van der Waals surface area contributed by atoms with E-state index in [2.05, 4.69) is 5.32 Å². The molecule has 0 saturated carbocycles. The van der Waals surface area contributed by atoms with Crippen molar-refractivity contribution in [3.8, 4) is 11.8 Å². The lowest BCUT2D eigenvalue weighted by Gasteiger charge is -2.12. The van der Waals surface area contributed by atoms with Crippen LogP contribution < -0.4 is 15.8 Å². The van der Waals surface area contributed by atoms with E-state index in [9.17, 15) is 4.79 Å². The number of benzene rings is 2. The summed E-state index contributed by atoms with van der Waals surface area (Å²) in [6, 6.07) is 11.6. The number of anilines is 3. The van der Waals surface area contributed by atoms with Crippen molar-refractivity contribution < 1.29 is 14.6 Å². The second-order valence-corrected chi connectivity index (χ2v) is 4.26. The van der Waals surface area contributed by atoms with Gasteiger partial charge in [0.2, 0.25) is 0 Å². The number of rotatable bonds is 4. The molecule has 0 aliphatic heterocycles. The molecule has 0 aliphatic carbocycles. The van der Waals surface area contributed by atoms with Crippen LogP contribution in [0.5, 0.6) is 5.75 Å². The first-order valence-corrected chi connectivity index (χ1v) is 6.03. The monoisotopic (exact) mass is 283 g/mol. The molecule has 0 fully saturated rings. The molecule has 0 radical (unpaired) electrons. The highest BCUT2D eigenvalue weighted by Crippen LogP contribution is 2.29. The first kappa shape index (κ1) is 14.2. The molecule has 0 aliphatic rings. The van der Waals surface area contributed by atoms with Crippen LogP contribution in [-0.2, 0) is 0 Å². The average Bonchev–Trinajstić information content (AvgIpc) is 2.49. The number of ether oxygens (including phenoxy) is 1. The van der Waals surface area contributed by atoms with Crippen LogP contribution in [0.2, 0.25) is 0 Å². The number of methoxy groups -OCH3 is 1. The molecule has 4 N–H and O–H groups in total. The van der Waals surface area contributed by atoms with E-state index in [1.807, 2.05) is 6.07 Å². The molecule has 2 aromatic carbocycles. The van der Waals surface area contributed by atoms with Gasteiger partial charge in [0.05, 0.1) is 30.0 Å². The number of nitrogens with zero attached hydrogens (tertiary/aromatic N) is 1. The third kappa shape index (κ3) is 3.04. The Hall–Kier alpha value is -3.20. The summed E-state index contributed by atoms with van der Waals surface area (Å²) in [4.78, 5) is 11.1. The Morgan fingerprint density at radius 1 is 1.33 bits per heavy atom. The zero-order valence-electron chi connectivity index (χ0n) is 11.3. The summed E-state index contributed by atoms with van der Waals surface area (Å²) in [5, 5.41) is 21.0. The highest BCUT2D eigenvalue weighted by atomic mass is 16.5. The molecule has 0 unspecified atom stereocenters. The summed E-state index contributed by atoms with van der Waals surface area (Å²) in [5.74, 6) is -0.606. The standard InChI is InChI=1S/C15H13N3O3/c1-21-14-6-9(8-16)2-5-13(14)18-10-3-4-12(17)11(7-10)15(19)20/h2-7,18H,17H2,1H3,(H,19,20). The zero-order valence-corrected chi connectivity index (χ0v) is 11.3. The molecule has 0 heterocycles. The number of carbonyl (C=O) groups is 1. The highest BCUT2D eigenvalue weighted by Gasteiger charge is 2.10. The van der Waals surface area contributed by atoms with Crippen molar-refractivity contribution in [1.82, 2.24) is 0 Å². The Bertz CT molecular complexity index is 735. The predicted molar refractivity (Wildman–Crippen MR) is 78.8 cm³/mol. The highest BCUT2D eigenvalue weighted by molar-refractivity contribution is 5.95. The number of hydrogen-bond acceptors (Lipinski definition) is 5. The molecule has 6 nitrogen and oxygen atoms in total. The van der Waals surface area contributed by atoms with Gasteiger partial charge < -0.3 is 20.9 Å². The number of hydrogen-bond donors (Lipinski definition) is 3. The van der Waals surface area contributed by atoms with E-state index in [0.29, 0.717) is 22.7 Å². The first-order valence-electron chi connectivity index (χ1n) is 6.03. The second-order valence-electron chi connectivity index (χ2n) is 4.26. The third-order valence-electron chi connectivity index (χ3n) is 2.89. The lowest BCUT2D eigenvalue weighted by molar-refractivity contribution is 0.0698. The molecule has 0 spiro atoms. The summed E-state index contributed by atoms with van der Waals surface area (Å²) >= 11 is 0. The van der Waals surface area contributed by atoms with E-state index in [0.717, 1.165) is 0 Å². The predicted octanol–water partition coefficient (Wildman–Crippen LogP) is 2.59. The summed E-state index contributed by atoms with van der Waals surface area (Å²) in [6.45, 7) is 0. The largest absolute Gasteiger partial charge is 0.495 e. The van der Waals surface area contributed by atoms with E-state index in [1.54, 1.807) is 24.3 Å². The van der Waals surface area contributed by atoms with Crippen LogP contribution in [0.25, 0.3) is 0 Å². The van der Waals surface area contributed by atoms with Crippen molar-refractivity contribution in [2.75, 3.05) is 18.2 Å². The van der Waals surface area contributed by atoms with Crippen LogP contribution in [0.1, 0.15) is 15.9 Å². The van der Waals surface area contributed by atoms with Gasteiger partial charge in [-0.1, -0.05) is 0 Å². The fraction of sp³-hybridized carbons (Fsp3) is 0.0667. The minimum Gasteiger partial charge on any atom is -0.495 e. The smallest absolute Gasteiger partial charge is 0.337 e. The molecule has 0 aromatic heterocycles. The molecule has 0 amide bonds. The molecular weight excluding hydrogens is 270 g/mol. The van der Waals surface area contributed by atoms with Crippen molar-refractivity contribution in [3.05, 3.63) is 47.5 Å². The summed E-state index contributed by atoms with van der Waals surface area (Å²) in [6.07, 6.45) is 0. The van der Waals surface area contributed by atoms with Crippen molar-refractivity contribution in [1.29, 1.82) is 5.26 Å². The number of aromatic carboxylic acids is 1. The second kappa shape index (κ2) is 5.84. The van der Waals surface area contributed by atoms with Crippen molar-refractivity contribution in [2.45, 2.75) is 0 Å². The van der Waals surface area contributed by atoms with Crippen molar-refractivity contribution >= 4 is 23.0 Å². The minimum atomic E-state index is -1.09. The minimum absolute atomic E-state index is 0.0209.